The number of anilines is 1. The molecule has 2 aliphatic rings. The number of piperazine rings is 1. The molecule has 2 fully saturated rings. The highest BCUT2D eigenvalue weighted by Crippen LogP contribution is 2.38. The first-order valence-corrected chi connectivity index (χ1v) is 16.0. The maximum Gasteiger partial charge on any atom is 0.315 e. The van der Waals surface area contributed by atoms with E-state index >= 15 is 0 Å². The van der Waals surface area contributed by atoms with Crippen molar-refractivity contribution in [2.75, 3.05) is 44.2 Å². The van der Waals surface area contributed by atoms with Crippen LogP contribution in [0.15, 0.2) is 91.3 Å². The Morgan fingerprint density at radius 2 is 1.59 bits per heavy atom. The normalized spacial score (nSPS) is 20.3. The fraction of sp³-hybridized carbons (Fsp3) is 0.361. The molecule has 3 unspecified atom stereocenters. The minimum absolute atomic E-state index is 0.0140. The molecule has 0 radical (unpaired) electrons. The van der Waals surface area contributed by atoms with E-state index in [1.54, 1.807) is 12.4 Å². The average molecular weight is 623 g/mol. The Kier molecular flexibility index (Phi) is 10.5. The lowest BCUT2D eigenvalue weighted by molar-refractivity contribution is -0.253. The van der Waals surface area contributed by atoms with Gasteiger partial charge in [0.2, 0.25) is 5.95 Å². The van der Waals surface area contributed by atoms with E-state index in [4.69, 9.17) is 9.47 Å². The summed E-state index contributed by atoms with van der Waals surface area (Å²) in [5, 5.41) is 15.2. The number of carbonyl (C=O) groups excluding carboxylic acids is 1. The van der Waals surface area contributed by atoms with Gasteiger partial charge in [0.15, 0.2) is 6.29 Å². The van der Waals surface area contributed by atoms with Gasteiger partial charge in [0.1, 0.15) is 0 Å². The lowest BCUT2D eigenvalue weighted by Crippen LogP contribution is -2.50. The van der Waals surface area contributed by atoms with Gasteiger partial charge < -0.3 is 30.1 Å². The predicted octanol–water partition coefficient (Wildman–Crippen LogP) is 4.82. The van der Waals surface area contributed by atoms with Crippen molar-refractivity contribution in [3.63, 3.8) is 0 Å². The Morgan fingerprint density at radius 3 is 2.30 bits per heavy atom. The highest BCUT2D eigenvalue weighted by Gasteiger charge is 2.34. The molecule has 0 bridgehead atoms. The van der Waals surface area contributed by atoms with Crippen LogP contribution in [0.5, 0.6) is 0 Å². The fourth-order valence-electron chi connectivity index (χ4n) is 6.00. The van der Waals surface area contributed by atoms with Crippen molar-refractivity contribution < 1.29 is 19.4 Å². The van der Waals surface area contributed by atoms with Gasteiger partial charge in [-0.15, -0.1) is 0 Å². The molecule has 3 N–H and O–H groups in total. The maximum absolute atomic E-state index is 11.8. The first-order valence-electron chi connectivity index (χ1n) is 16.0. The second-order valence-electron chi connectivity index (χ2n) is 11.7. The summed E-state index contributed by atoms with van der Waals surface area (Å²) in [4.78, 5) is 25.3. The zero-order valence-electron chi connectivity index (χ0n) is 26.2. The minimum Gasteiger partial charge on any atom is -0.392 e. The van der Waals surface area contributed by atoms with E-state index in [1.165, 1.54) is 0 Å². The predicted molar refractivity (Wildman–Crippen MR) is 177 cm³/mol. The van der Waals surface area contributed by atoms with E-state index < -0.39 is 6.29 Å². The molecule has 0 aliphatic carbocycles. The second-order valence-corrected chi connectivity index (χ2v) is 11.7. The zero-order valence-corrected chi connectivity index (χ0v) is 26.2. The number of hydrogen-bond acceptors (Lipinski definition) is 8. The van der Waals surface area contributed by atoms with Crippen molar-refractivity contribution >= 4 is 12.0 Å². The Balaban J connectivity index is 1.14. The fourth-order valence-corrected chi connectivity index (χ4v) is 6.00. The van der Waals surface area contributed by atoms with Gasteiger partial charge in [-0.2, -0.15) is 0 Å². The number of urea groups is 1. The molecule has 0 spiro atoms. The van der Waals surface area contributed by atoms with Gasteiger partial charge in [-0.25, -0.2) is 14.8 Å². The van der Waals surface area contributed by atoms with Gasteiger partial charge in [0, 0.05) is 70.2 Å². The lowest BCUT2D eigenvalue weighted by atomic mass is 9.99. The maximum atomic E-state index is 11.8. The van der Waals surface area contributed by atoms with E-state index in [0.717, 1.165) is 78.5 Å². The molecule has 2 aliphatic heterocycles. The Bertz CT molecular complexity index is 1550. The molecule has 0 saturated carbocycles. The molecule has 1 aromatic heterocycles. The van der Waals surface area contributed by atoms with E-state index in [-0.39, 0.29) is 24.8 Å². The Morgan fingerprint density at radius 1 is 0.848 bits per heavy atom. The Hall–Kier alpha value is -4.35. The van der Waals surface area contributed by atoms with Crippen LogP contribution < -0.4 is 15.5 Å². The van der Waals surface area contributed by atoms with Gasteiger partial charge >= 0.3 is 6.03 Å². The summed E-state index contributed by atoms with van der Waals surface area (Å²) in [5.74, 6) is 0.780. The highest BCUT2D eigenvalue weighted by atomic mass is 16.7. The summed E-state index contributed by atoms with van der Waals surface area (Å²) in [6.45, 7) is 7.32. The molecule has 240 valence electrons. The van der Waals surface area contributed by atoms with Crippen molar-refractivity contribution in [1.82, 2.24) is 25.5 Å². The number of ether oxygens (including phenoxy) is 2. The third kappa shape index (κ3) is 8.07. The van der Waals surface area contributed by atoms with E-state index in [2.05, 4.69) is 66.8 Å². The second kappa shape index (κ2) is 15.3. The number of aromatic nitrogens is 2. The zero-order chi connectivity index (χ0) is 31.7. The van der Waals surface area contributed by atoms with Crippen LogP contribution in [0.4, 0.5) is 10.7 Å². The molecule has 4 aromatic rings. The van der Waals surface area contributed by atoms with Gasteiger partial charge in [-0.1, -0.05) is 66.7 Å². The lowest BCUT2D eigenvalue weighted by Gasteiger charge is -2.40. The number of rotatable bonds is 10. The molecule has 10 heteroatoms. The van der Waals surface area contributed by atoms with Crippen molar-refractivity contribution in [3.05, 3.63) is 114 Å². The highest BCUT2D eigenvalue weighted by molar-refractivity contribution is 5.73. The van der Waals surface area contributed by atoms with Crippen molar-refractivity contribution in [2.24, 2.45) is 0 Å². The van der Waals surface area contributed by atoms with Crippen LogP contribution in [0.2, 0.25) is 0 Å². The number of aliphatic hydroxyl groups is 1. The summed E-state index contributed by atoms with van der Waals surface area (Å²) in [7, 11) is 0. The van der Waals surface area contributed by atoms with Crippen LogP contribution in [0.1, 0.15) is 48.0 Å². The number of benzene rings is 3. The standard InChI is InChI=1S/C36H42N6O4/c1-2-37-36(44)40-23-27-5-3-6-31(21-27)28-11-13-30(14-12-28)34-45-32(22-33(46-34)29-9-7-26(25-43)8-10-29)24-41-17-19-42(20-18-41)35-38-15-4-16-39-35/h3-16,21,32-34,43H,2,17-20,22-25H2,1H3,(H2,37,40,44). The number of nitrogens with one attached hydrogen (secondary N) is 2. The molecule has 6 rings (SSSR count). The average Bonchev–Trinajstić information content (AvgIpc) is 3.12. The topological polar surface area (TPSA) is 112 Å². The molecule has 10 nitrogen and oxygen atoms in total. The van der Waals surface area contributed by atoms with E-state index in [1.807, 2.05) is 49.4 Å². The SMILES string of the molecule is CCNC(=O)NCc1cccc(-c2ccc(C3OC(CN4CCN(c5ncccn5)CC4)CC(c4ccc(CO)cc4)O3)cc2)c1. The van der Waals surface area contributed by atoms with Crippen molar-refractivity contribution in [2.45, 2.75) is 45.0 Å². The van der Waals surface area contributed by atoms with Crippen LogP contribution in [0.25, 0.3) is 11.1 Å². The summed E-state index contributed by atoms with van der Waals surface area (Å²) >= 11 is 0. The van der Waals surface area contributed by atoms with E-state index in [9.17, 15) is 9.90 Å². The molecule has 2 saturated heterocycles. The van der Waals surface area contributed by atoms with Crippen LogP contribution in [0, 0.1) is 0 Å². The number of carbonyl (C=O) groups is 1. The summed E-state index contributed by atoms with van der Waals surface area (Å²) in [5.41, 5.74) is 6.10. The number of hydrogen-bond donors (Lipinski definition) is 3. The third-order valence-electron chi connectivity index (χ3n) is 8.52. The van der Waals surface area contributed by atoms with Gasteiger partial charge in [0.05, 0.1) is 18.8 Å². The summed E-state index contributed by atoms with van der Waals surface area (Å²) in [6, 6.07) is 26.2. The summed E-state index contributed by atoms with van der Waals surface area (Å²) < 4.78 is 13.2. The van der Waals surface area contributed by atoms with Crippen LogP contribution in [-0.4, -0.2) is 71.4 Å². The van der Waals surface area contributed by atoms with E-state index in [0.29, 0.717) is 13.1 Å². The largest absolute Gasteiger partial charge is 0.392 e. The number of amides is 2. The first-order chi connectivity index (χ1) is 22.6. The molecule has 3 aromatic carbocycles. The monoisotopic (exact) mass is 622 g/mol. The third-order valence-corrected chi connectivity index (χ3v) is 8.52. The van der Waals surface area contributed by atoms with Gasteiger partial charge in [-0.05, 0) is 46.9 Å². The van der Waals surface area contributed by atoms with Crippen molar-refractivity contribution in [1.29, 1.82) is 0 Å². The van der Waals surface area contributed by atoms with Gasteiger partial charge in [-0.3, -0.25) is 4.90 Å². The number of aliphatic hydroxyl groups excluding tert-OH is 1. The van der Waals surface area contributed by atoms with Gasteiger partial charge in [0.25, 0.3) is 0 Å². The molecular weight excluding hydrogens is 580 g/mol. The Labute approximate surface area is 270 Å². The molecule has 3 heterocycles. The molecule has 46 heavy (non-hydrogen) atoms. The van der Waals surface area contributed by atoms with Crippen LogP contribution in [0.3, 0.4) is 0 Å². The molecule has 3 atom stereocenters. The van der Waals surface area contributed by atoms with Crippen LogP contribution in [-0.2, 0) is 22.6 Å². The molecular formula is C36H42N6O4. The van der Waals surface area contributed by atoms with Crippen molar-refractivity contribution in [3.8, 4) is 11.1 Å². The minimum atomic E-state index is -0.512. The van der Waals surface area contributed by atoms with Crippen LogP contribution >= 0.6 is 0 Å². The quantitative estimate of drug-likeness (QED) is 0.231. The summed E-state index contributed by atoms with van der Waals surface area (Å²) in [6.07, 6.45) is 3.65. The number of nitrogens with zero attached hydrogens (tertiary/aromatic N) is 4. The first kappa shape index (κ1) is 31.6. The smallest absolute Gasteiger partial charge is 0.315 e. The molecule has 2 amide bonds.